The summed E-state index contributed by atoms with van der Waals surface area (Å²) in [6, 6.07) is 14.3. The second-order valence-electron chi connectivity index (χ2n) is 10.4. The van der Waals surface area contributed by atoms with Gasteiger partial charge in [-0.1, -0.05) is 84.6 Å². The van der Waals surface area contributed by atoms with Gasteiger partial charge in [0.2, 0.25) is 5.76 Å². The molecule has 0 saturated heterocycles. The van der Waals surface area contributed by atoms with E-state index < -0.39 is 11.9 Å². The van der Waals surface area contributed by atoms with Crippen molar-refractivity contribution in [1.82, 2.24) is 0 Å². The smallest absolute Gasteiger partial charge is 0.374 e. The van der Waals surface area contributed by atoms with E-state index in [0.29, 0.717) is 11.3 Å². The standard InChI is InChI=1S/C32H43NO6/c1-6-7-8-9-10-13-25-16-18-26(19-17-25)31(35)33-27-14-11-12-15-28(27)39-29(32(36)38-22-24(4)5)20-30(34)37-21-23(2)3/h11-12,14-20,23-24H,6-10,13,21-22H2,1-5H3,(H,33,35)/b29-20+. The number of aryl methyl sites for hydroxylation is 1. The van der Waals surface area contributed by atoms with E-state index in [1.807, 2.05) is 39.8 Å². The van der Waals surface area contributed by atoms with Gasteiger partial charge in [-0.05, 0) is 54.5 Å². The van der Waals surface area contributed by atoms with Gasteiger partial charge in [0, 0.05) is 5.56 Å². The number of rotatable bonds is 16. The summed E-state index contributed by atoms with van der Waals surface area (Å²) in [6.45, 7) is 10.2. The largest absolute Gasteiger partial charge is 0.462 e. The van der Waals surface area contributed by atoms with Gasteiger partial charge in [0.1, 0.15) is 0 Å². The maximum Gasteiger partial charge on any atom is 0.374 e. The van der Waals surface area contributed by atoms with Crippen molar-refractivity contribution in [2.75, 3.05) is 18.5 Å². The van der Waals surface area contributed by atoms with Gasteiger partial charge >= 0.3 is 11.9 Å². The molecule has 0 saturated carbocycles. The van der Waals surface area contributed by atoms with Crippen LogP contribution in [-0.2, 0) is 25.5 Å². The zero-order valence-corrected chi connectivity index (χ0v) is 24.0. The molecule has 7 heteroatoms. The number of hydrogen-bond acceptors (Lipinski definition) is 6. The van der Waals surface area contributed by atoms with E-state index in [0.717, 1.165) is 18.9 Å². The lowest BCUT2D eigenvalue weighted by Crippen LogP contribution is -2.19. The summed E-state index contributed by atoms with van der Waals surface area (Å²) < 4.78 is 16.3. The highest BCUT2D eigenvalue weighted by atomic mass is 16.6. The van der Waals surface area contributed by atoms with Gasteiger partial charge in [-0.3, -0.25) is 4.79 Å². The van der Waals surface area contributed by atoms with Crippen LogP contribution >= 0.6 is 0 Å². The zero-order chi connectivity index (χ0) is 28.6. The molecule has 1 amide bonds. The molecule has 0 atom stereocenters. The lowest BCUT2D eigenvalue weighted by molar-refractivity contribution is -0.144. The Morgan fingerprint density at radius 3 is 2.13 bits per heavy atom. The van der Waals surface area contributed by atoms with Crippen molar-refractivity contribution in [1.29, 1.82) is 0 Å². The summed E-state index contributed by atoms with van der Waals surface area (Å²) in [5.41, 5.74) is 2.05. The fraction of sp³-hybridized carbons (Fsp3) is 0.469. The molecular weight excluding hydrogens is 494 g/mol. The third kappa shape index (κ3) is 12.2. The number of unbranched alkanes of at least 4 members (excludes halogenated alkanes) is 4. The van der Waals surface area contributed by atoms with Gasteiger partial charge < -0.3 is 19.5 Å². The molecule has 39 heavy (non-hydrogen) atoms. The topological polar surface area (TPSA) is 90.9 Å². The minimum absolute atomic E-state index is 0.0992. The monoisotopic (exact) mass is 537 g/mol. The second kappa shape index (κ2) is 17.1. The molecule has 0 fully saturated rings. The van der Waals surface area contributed by atoms with E-state index in [1.165, 1.54) is 31.2 Å². The number of carbonyl (C=O) groups is 3. The molecule has 0 radical (unpaired) electrons. The van der Waals surface area contributed by atoms with Gasteiger partial charge in [0.05, 0.1) is 25.0 Å². The average molecular weight is 538 g/mol. The number of esters is 2. The highest BCUT2D eigenvalue weighted by molar-refractivity contribution is 6.05. The SMILES string of the molecule is CCCCCCCc1ccc(C(=O)Nc2ccccc2O/C(=C/C(=O)OCC(C)C)C(=O)OCC(C)C)cc1. The highest BCUT2D eigenvalue weighted by Crippen LogP contribution is 2.27. The first-order valence-corrected chi connectivity index (χ1v) is 13.9. The van der Waals surface area contributed by atoms with Gasteiger partial charge in [-0.25, -0.2) is 9.59 Å². The fourth-order valence-corrected chi connectivity index (χ4v) is 3.57. The highest BCUT2D eigenvalue weighted by Gasteiger charge is 2.20. The predicted molar refractivity (Wildman–Crippen MR) is 154 cm³/mol. The fourth-order valence-electron chi connectivity index (χ4n) is 3.57. The Morgan fingerprint density at radius 2 is 1.46 bits per heavy atom. The first-order chi connectivity index (χ1) is 18.7. The molecule has 2 rings (SSSR count). The van der Waals surface area contributed by atoms with Crippen LogP contribution in [0.5, 0.6) is 5.75 Å². The van der Waals surface area contributed by atoms with E-state index in [4.69, 9.17) is 14.2 Å². The van der Waals surface area contributed by atoms with Crippen molar-refractivity contribution >= 4 is 23.5 Å². The number of hydrogen-bond donors (Lipinski definition) is 1. The Hall–Kier alpha value is -3.61. The Balaban J connectivity index is 2.13. The second-order valence-corrected chi connectivity index (χ2v) is 10.4. The first kappa shape index (κ1) is 31.6. The number of benzene rings is 2. The van der Waals surface area contributed by atoms with Crippen LogP contribution in [0.25, 0.3) is 0 Å². The van der Waals surface area contributed by atoms with Gasteiger partial charge in [-0.2, -0.15) is 0 Å². The molecule has 0 aliphatic carbocycles. The third-order valence-electron chi connectivity index (χ3n) is 5.70. The van der Waals surface area contributed by atoms with Crippen molar-refractivity contribution in [2.45, 2.75) is 73.1 Å². The van der Waals surface area contributed by atoms with Crippen molar-refractivity contribution in [3.63, 3.8) is 0 Å². The van der Waals surface area contributed by atoms with Gasteiger partial charge in [0.15, 0.2) is 5.75 Å². The number of anilines is 1. The lowest BCUT2D eigenvalue weighted by Gasteiger charge is -2.15. The van der Waals surface area contributed by atoms with Gasteiger partial charge in [-0.15, -0.1) is 0 Å². The van der Waals surface area contributed by atoms with E-state index >= 15 is 0 Å². The lowest BCUT2D eigenvalue weighted by atomic mass is 10.0. The van der Waals surface area contributed by atoms with Crippen molar-refractivity contribution < 1.29 is 28.6 Å². The number of nitrogens with one attached hydrogen (secondary N) is 1. The Kier molecular flexibility index (Phi) is 13.8. The number of amides is 1. The van der Waals surface area contributed by atoms with Crippen LogP contribution in [0.1, 0.15) is 82.6 Å². The molecule has 0 unspecified atom stereocenters. The average Bonchev–Trinajstić information content (AvgIpc) is 2.91. The molecule has 2 aromatic carbocycles. The molecule has 2 aromatic rings. The van der Waals surface area contributed by atoms with Crippen molar-refractivity contribution in [3.8, 4) is 5.75 Å². The Morgan fingerprint density at radius 1 is 0.821 bits per heavy atom. The summed E-state index contributed by atoms with van der Waals surface area (Å²) in [7, 11) is 0. The summed E-state index contributed by atoms with van der Waals surface area (Å²) in [5.74, 6) is -1.72. The number of carbonyl (C=O) groups excluding carboxylic acids is 3. The molecule has 0 bridgehead atoms. The van der Waals surface area contributed by atoms with Crippen LogP contribution in [0, 0.1) is 11.8 Å². The van der Waals surface area contributed by atoms with E-state index in [1.54, 1.807) is 36.4 Å². The minimum atomic E-state index is -0.795. The van der Waals surface area contributed by atoms with Crippen molar-refractivity contribution in [3.05, 3.63) is 71.5 Å². The van der Waals surface area contributed by atoms with E-state index in [-0.39, 0.29) is 42.5 Å². The van der Waals surface area contributed by atoms with E-state index in [2.05, 4.69) is 12.2 Å². The van der Waals surface area contributed by atoms with Crippen LogP contribution in [0.2, 0.25) is 0 Å². The Bertz CT molecular complexity index is 1090. The van der Waals surface area contributed by atoms with Crippen LogP contribution in [0.15, 0.2) is 60.4 Å². The summed E-state index contributed by atoms with van der Waals surface area (Å²) >= 11 is 0. The van der Waals surface area contributed by atoms with E-state index in [9.17, 15) is 14.4 Å². The molecule has 0 aromatic heterocycles. The van der Waals surface area contributed by atoms with Gasteiger partial charge in [0.25, 0.3) is 5.91 Å². The molecule has 212 valence electrons. The predicted octanol–water partition coefficient (Wildman–Crippen LogP) is 7.11. The summed E-state index contributed by atoms with van der Waals surface area (Å²) in [4.78, 5) is 38.0. The zero-order valence-electron chi connectivity index (χ0n) is 24.0. The van der Waals surface area contributed by atoms with Crippen LogP contribution in [0.3, 0.4) is 0 Å². The molecule has 0 spiro atoms. The Labute approximate surface area is 232 Å². The van der Waals surface area contributed by atoms with Crippen LogP contribution < -0.4 is 10.1 Å². The summed E-state index contributed by atoms with van der Waals surface area (Å²) in [5, 5.41) is 2.84. The maximum absolute atomic E-state index is 13.0. The minimum Gasteiger partial charge on any atom is -0.462 e. The molecule has 1 N–H and O–H groups in total. The van der Waals surface area contributed by atoms with Crippen molar-refractivity contribution in [2.24, 2.45) is 11.8 Å². The van der Waals surface area contributed by atoms with Crippen LogP contribution in [0.4, 0.5) is 5.69 Å². The molecule has 7 nitrogen and oxygen atoms in total. The molecule has 0 aliphatic rings. The molecular formula is C32H43NO6. The first-order valence-electron chi connectivity index (χ1n) is 13.9. The molecule has 0 aliphatic heterocycles. The quantitative estimate of drug-likeness (QED) is 0.106. The normalized spacial score (nSPS) is 11.4. The maximum atomic E-state index is 13.0. The van der Waals surface area contributed by atoms with Crippen LogP contribution in [-0.4, -0.2) is 31.1 Å². The molecule has 0 heterocycles. The number of ether oxygens (including phenoxy) is 3. The summed E-state index contributed by atoms with van der Waals surface area (Å²) in [6.07, 6.45) is 8.06. The third-order valence-corrected chi connectivity index (χ3v) is 5.70. The number of para-hydroxylation sites is 2.